The van der Waals surface area contributed by atoms with Crippen molar-refractivity contribution in [2.45, 2.75) is 65.1 Å². The van der Waals surface area contributed by atoms with Crippen LogP contribution in [0.3, 0.4) is 0 Å². The fourth-order valence-electron chi connectivity index (χ4n) is 3.81. The van der Waals surface area contributed by atoms with Gasteiger partial charge in [-0.15, -0.1) is 0 Å². The summed E-state index contributed by atoms with van der Waals surface area (Å²) in [6.45, 7) is 10.6. The van der Waals surface area contributed by atoms with Crippen LogP contribution < -0.4 is 5.46 Å². The zero-order chi connectivity index (χ0) is 17.8. The number of benzene rings is 2. The predicted octanol–water partition coefficient (Wildman–Crippen LogP) is 4.31. The molecule has 0 unspecified atom stereocenters. The monoisotopic (exact) mass is 334 g/mol. The molecule has 0 saturated carbocycles. The SMILES string of the molecule is CCc1ccc2c(c1)CCc1cc(B3OC(C)(C)C(C)(C)O3)ccc1-2. The zero-order valence-corrected chi connectivity index (χ0v) is 16.0. The van der Waals surface area contributed by atoms with Crippen LogP contribution in [0.25, 0.3) is 11.1 Å². The van der Waals surface area contributed by atoms with Gasteiger partial charge in [0.25, 0.3) is 0 Å². The lowest BCUT2D eigenvalue weighted by Crippen LogP contribution is -2.41. The van der Waals surface area contributed by atoms with E-state index in [1.807, 2.05) is 0 Å². The highest BCUT2D eigenvalue weighted by molar-refractivity contribution is 6.62. The lowest BCUT2D eigenvalue weighted by molar-refractivity contribution is 0.00578. The minimum Gasteiger partial charge on any atom is -0.399 e. The Bertz CT molecular complexity index is 807. The standard InChI is InChI=1S/C22H27BO2/c1-6-15-7-11-19-16(13-15)8-9-17-14-18(10-12-20(17)19)23-24-21(2,3)22(4,5)25-23/h7,10-14H,6,8-9H2,1-5H3. The van der Waals surface area contributed by atoms with E-state index in [9.17, 15) is 0 Å². The smallest absolute Gasteiger partial charge is 0.399 e. The molecule has 1 fully saturated rings. The van der Waals surface area contributed by atoms with E-state index >= 15 is 0 Å². The van der Waals surface area contributed by atoms with E-state index in [-0.39, 0.29) is 18.3 Å². The quantitative estimate of drug-likeness (QED) is 0.762. The van der Waals surface area contributed by atoms with Crippen molar-refractivity contribution >= 4 is 12.6 Å². The van der Waals surface area contributed by atoms with E-state index in [1.165, 1.54) is 27.8 Å². The zero-order valence-electron chi connectivity index (χ0n) is 16.0. The average molecular weight is 334 g/mol. The van der Waals surface area contributed by atoms with Gasteiger partial charge in [0.15, 0.2) is 0 Å². The van der Waals surface area contributed by atoms with E-state index in [0.717, 1.165) is 24.7 Å². The van der Waals surface area contributed by atoms with Crippen molar-refractivity contribution in [1.82, 2.24) is 0 Å². The third kappa shape index (κ3) is 2.74. The summed E-state index contributed by atoms with van der Waals surface area (Å²) in [5.74, 6) is 0. The van der Waals surface area contributed by atoms with Gasteiger partial charge in [-0.3, -0.25) is 0 Å². The Morgan fingerprint density at radius 1 is 0.840 bits per heavy atom. The molecule has 2 aromatic rings. The largest absolute Gasteiger partial charge is 0.494 e. The van der Waals surface area contributed by atoms with Gasteiger partial charge in [0, 0.05) is 0 Å². The molecule has 4 rings (SSSR count). The highest BCUT2D eigenvalue weighted by Crippen LogP contribution is 2.38. The second kappa shape index (κ2) is 5.72. The molecule has 1 saturated heterocycles. The lowest BCUT2D eigenvalue weighted by atomic mass is 9.75. The van der Waals surface area contributed by atoms with E-state index in [1.54, 1.807) is 0 Å². The van der Waals surface area contributed by atoms with Crippen molar-refractivity contribution in [2.75, 3.05) is 0 Å². The minimum atomic E-state index is -0.295. The molecule has 3 heteroatoms. The molecule has 0 radical (unpaired) electrons. The first-order valence-corrected chi connectivity index (χ1v) is 9.41. The van der Waals surface area contributed by atoms with Crippen LogP contribution in [0, 0.1) is 0 Å². The minimum absolute atomic E-state index is 0.279. The van der Waals surface area contributed by atoms with Crippen LogP contribution in [-0.4, -0.2) is 18.3 Å². The van der Waals surface area contributed by atoms with Gasteiger partial charge in [-0.25, -0.2) is 0 Å². The molecule has 2 aromatic carbocycles. The van der Waals surface area contributed by atoms with Crippen molar-refractivity contribution < 1.29 is 9.31 Å². The maximum Gasteiger partial charge on any atom is 0.494 e. The van der Waals surface area contributed by atoms with Gasteiger partial charge >= 0.3 is 7.12 Å². The molecule has 0 atom stereocenters. The summed E-state index contributed by atoms with van der Waals surface area (Å²) < 4.78 is 12.4. The maximum absolute atomic E-state index is 6.22. The number of aryl methyl sites for hydroxylation is 3. The van der Waals surface area contributed by atoms with E-state index < -0.39 is 0 Å². The highest BCUT2D eigenvalue weighted by atomic mass is 16.7. The van der Waals surface area contributed by atoms with Crippen LogP contribution in [0.4, 0.5) is 0 Å². The summed E-state index contributed by atoms with van der Waals surface area (Å²) in [5.41, 5.74) is 7.61. The predicted molar refractivity (Wildman–Crippen MR) is 104 cm³/mol. The Kier molecular flexibility index (Phi) is 3.86. The van der Waals surface area contributed by atoms with Gasteiger partial charge in [0.2, 0.25) is 0 Å². The molecule has 1 aliphatic carbocycles. The van der Waals surface area contributed by atoms with E-state index in [4.69, 9.17) is 9.31 Å². The summed E-state index contributed by atoms with van der Waals surface area (Å²) in [5, 5.41) is 0. The number of hydrogen-bond acceptors (Lipinski definition) is 2. The second-order valence-corrected chi connectivity index (χ2v) is 8.35. The number of hydrogen-bond donors (Lipinski definition) is 0. The van der Waals surface area contributed by atoms with E-state index in [2.05, 4.69) is 71.0 Å². The van der Waals surface area contributed by atoms with Gasteiger partial charge in [0.05, 0.1) is 11.2 Å². The summed E-state index contributed by atoms with van der Waals surface area (Å²) in [4.78, 5) is 0. The molecule has 0 N–H and O–H groups in total. The third-order valence-corrected chi connectivity index (χ3v) is 6.19. The molecule has 25 heavy (non-hydrogen) atoms. The van der Waals surface area contributed by atoms with Gasteiger partial charge in [-0.2, -0.15) is 0 Å². The van der Waals surface area contributed by atoms with Gasteiger partial charge in [-0.05, 0) is 80.2 Å². The summed E-state index contributed by atoms with van der Waals surface area (Å²) in [7, 11) is -0.279. The van der Waals surface area contributed by atoms with Crippen LogP contribution in [-0.2, 0) is 28.6 Å². The van der Waals surface area contributed by atoms with Crippen molar-refractivity contribution in [1.29, 1.82) is 0 Å². The number of fused-ring (bicyclic) bond motifs is 3. The van der Waals surface area contributed by atoms with Crippen LogP contribution in [0.5, 0.6) is 0 Å². The Morgan fingerprint density at radius 2 is 1.40 bits per heavy atom. The Hall–Kier alpha value is -1.58. The Balaban J connectivity index is 1.68. The Morgan fingerprint density at radius 3 is 2.00 bits per heavy atom. The molecular formula is C22H27BO2. The summed E-state index contributed by atoms with van der Waals surface area (Å²) in [6.07, 6.45) is 3.30. The van der Waals surface area contributed by atoms with E-state index in [0.29, 0.717) is 0 Å². The molecule has 0 spiro atoms. The van der Waals surface area contributed by atoms with Gasteiger partial charge < -0.3 is 9.31 Å². The Labute approximate surface area is 151 Å². The molecule has 2 nitrogen and oxygen atoms in total. The maximum atomic E-state index is 6.22. The fourth-order valence-corrected chi connectivity index (χ4v) is 3.81. The first kappa shape index (κ1) is 16.9. The normalized spacial score (nSPS) is 20.3. The molecular weight excluding hydrogens is 307 g/mol. The van der Waals surface area contributed by atoms with Crippen molar-refractivity contribution in [3.63, 3.8) is 0 Å². The first-order valence-electron chi connectivity index (χ1n) is 9.41. The fraction of sp³-hybridized carbons (Fsp3) is 0.455. The number of rotatable bonds is 2. The van der Waals surface area contributed by atoms with Gasteiger partial charge in [0.1, 0.15) is 0 Å². The second-order valence-electron chi connectivity index (χ2n) is 8.35. The third-order valence-electron chi connectivity index (χ3n) is 6.19. The highest BCUT2D eigenvalue weighted by Gasteiger charge is 2.51. The van der Waals surface area contributed by atoms with Crippen molar-refractivity contribution in [3.8, 4) is 11.1 Å². The summed E-state index contributed by atoms with van der Waals surface area (Å²) >= 11 is 0. The van der Waals surface area contributed by atoms with Crippen molar-refractivity contribution in [2.24, 2.45) is 0 Å². The van der Waals surface area contributed by atoms with Crippen LogP contribution in [0.15, 0.2) is 36.4 Å². The molecule has 1 heterocycles. The van der Waals surface area contributed by atoms with Crippen LogP contribution >= 0.6 is 0 Å². The average Bonchev–Trinajstić information content (AvgIpc) is 2.81. The molecule has 1 aliphatic heterocycles. The molecule has 0 bridgehead atoms. The topological polar surface area (TPSA) is 18.5 Å². The van der Waals surface area contributed by atoms with Crippen LogP contribution in [0.2, 0.25) is 0 Å². The first-order chi connectivity index (χ1) is 11.8. The summed E-state index contributed by atoms with van der Waals surface area (Å²) in [6, 6.07) is 13.6. The van der Waals surface area contributed by atoms with Gasteiger partial charge in [-0.1, -0.05) is 43.3 Å². The molecule has 0 amide bonds. The molecule has 2 aliphatic rings. The lowest BCUT2D eigenvalue weighted by Gasteiger charge is -2.32. The molecule has 130 valence electrons. The van der Waals surface area contributed by atoms with Crippen LogP contribution in [0.1, 0.15) is 51.3 Å². The van der Waals surface area contributed by atoms with Crippen molar-refractivity contribution in [3.05, 3.63) is 53.1 Å². The molecule has 0 aromatic heterocycles.